The third-order valence-electron chi connectivity index (χ3n) is 6.44. The fraction of sp³-hybridized carbons (Fsp3) is 0.462. The van der Waals surface area contributed by atoms with Crippen LogP contribution in [0.2, 0.25) is 0 Å². The number of ether oxygens (including phenoxy) is 1. The molecule has 1 fully saturated rings. The molecule has 0 unspecified atom stereocenters. The third kappa shape index (κ3) is 6.82. The Hall–Kier alpha value is -2.91. The topological polar surface area (TPSA) is 96.0 Å². The van der Waals surface area contributed by atoms with Gasteiger partial charge in [-0.15, -0.1) is 0 Å². The molecule has 2 amide bonds. The van der Waals surface area contributed by atoms with E-state index in [2.05, 4.69) is 5.32 Å². The highest BCUT2D eigenvalue weighted by Crippen LogP contribution is 2.20. The molecule has 9 heteroatoms. The van der Waals surface area contributed by atoms with Crippen LogP contribution in [-0.4, -0.2) is 62.2 Å². The Bertz CT molecular complexity index is 1130. The first kappa shape index (κ1) is 26.7. The van der Waals surface area contributed by atoms with Crippen LogP contribution < -0.4 is 10.1 Å². The van der Waals surface area contributed by atoms with Crippen molar-refractivity contribution in [3.8, 4) is 5.75 Å². The molecule has 190 valence electrons. The van der Waals surface area contributed by atoms with Crippen molar-refractivity contribution in [2.24, 2.45) is 0 Å². The first-order valence-corrected chi connectivity index (χ1v) is 13.3. The van der Waals surface area contributed by atoms with E-state index in [1.807, 2.05) is 19.1 Å². The van der Waals surface area contributed by atoms with Crippen LogP contribution in [0.15, 0.2) is 53.4 Å². The zero-order chi connectivity index (χ0) is 25.6. The van der Waals surface area contributed by atoms with E-state index in [0.717, 1.165) is 41.1 Å². The van der Waals surface area contributed by atoms with Gasteiger partial charge in [-0.2, -0.15) is 4.31 Å². The fourth-order valence-electron chi connectivity index (χ4n) is 4.20. The zero-order valence-electron chi connectivity index (χ0n) is 20.9. The minimum Gasteiger partial charge on any atom is -0.497 e. The summed E-state index contributed by atoms with van der Waals surface area (Å²) < 4.78 is 32.4. The van der Waals surface area contributed by atoms with Gasteiger partial charge in [0.15, 0.2) is 0 Å². The van der Waals surface area contributed by atoms with Gasteiger partial charge in [0.05, 0.1) is 18.6 Å². The van der Waals surface area contributed by atoms with Gasteiger partial charge < -0.3 is 15.0 Å². The molecule has 0 spiro atoms. The lowest BCUT2D eigenvalue weighted by Gasteiger charge is -2.31. The molecule has 35 heavy (non-hydrogen) atoms. The second-order valence-electron chi connectivity index (χ2n) is 9.11. The molecule has 0 bridgehead atoms. The summed E-state index contributed by atoms with van der Waals surface area (Å²) in [5.41, 5.74) is 1.72. The molecular weight excluding hydrogens is 466 g/mol. The molecule has 1 aliphatic rings. The number of amides is 2. The van der Waals surface area contributed by atoms with E-state index >= 15 is 0 Å². The quantitative estimate of drug-likeness (QED) is 0.540. The Morgan fingerprint density at radius 1 is 1.11 bits per heavy atom. The van der Waals surface area contributed by atoms with Gasteiger partial charge in [-0.05, 0) is 56.5 Å². The number of carbonyl (C=O) groups excluding carboxylic acids is 2. The van der Waals surface area contributed by atoms with Crippen LogP contribution >= 0.6 is 0 Å². The fourth-order valence-corrected chi connectivity index (χ4v) is 5.32. The van der Waals surface area contributed by atoms with Crippen LogP contribution in [0.5, 0.6) is 5.75 Å². The van der Waals surface area contributed by atoms with Crippen LogP contribution in [0, 0.1) is 6.92 Å². The third-order valence-corrected chi connectivity index (χ3v) is 8.26. The molecular formula is C26H35N3O5S. The minimum absolute atomic E-state index is 0.114. The van der Waals surface area contributed by atoms with Gasteiger partial charge in [-0.1, -0.05) is 42.7 Å². The van der Waals surface area contributed by atoms with Crippen molar-refractivity contribution in [1.29, 1.82) is 0 Å². The molecule has 1 aliphatic carbocycles. The largest absolute Gasteiger partial charge is 0.497 e. The predicted molar refractivity (Wildman–Crippen MR) is 134 cm³/mol. The number of aryl methyl sites for hydroxylation is 1. The minimum atomic E-state index is -3.87. The molecule has 2 aromatic rings. The van der Waals surface area contributed by atoms with E-state index in [1.54, 1.807) is 38.3 Å². The van der Waals surface area contributed by atoms with Crippen LogP contribution in [0.1, 0.15) is 43.7 Å². The van der Waals surface area contributed by atoms with Gasteiger partial charge in [-0.25, -0.2) is 8.42 Å². The SMILES string of the molecule is COc1cccc(CN(C(=O)CN(C)S(=O)(=O)c2ccc(C)cc2)[C@H](C)C(=O)NC2CCCC2)c1. The summed E-state index contributed by atoms with van der Waals surface area (Å²) >= 11 is 0. The van der Waals surface area contributed by atoms with Crippen molar-refractivity contribution in [2.45, 2.75) is 63.1 Å². The van der Waals surface area contributed by atoms with Crippen molar-refractivity contribution in [3.63, 3.8) is 0 Å². The zero-order valence-corrected chi connectivity index (χ0v) is 21.7. The molecule has 1 atom stereocenters. The monoisotopic (exact) mass is 501 g/mol. The summed E-state index contributed by atoms with van der Waals surface area (Å²) in [6.45, 7) is 3.31. The average molecular weight is 502 g/mol. The summed E-state index contributed by atoms with van der Waals surface area (Å²) in [5.74, 6) is -0.0608. The van der Waals surface area contributed by atoms with Gasteiger partial charge in [0.2, 0.25) is 21.8 Å². The van der Waals surface area contributed by atoms with Crippen molar-refractivity contribution in [1.82, 2.24) is 14.5 Å². The Morgan fingerprint density at radius 2 is 1.77 bits per heavy atom. The molecule has 3 rings (SSSR count). The number of carbonyl (C=O) groups is 2. The number of hydrogen-bond acceptors (Lipinski definition) is 5. The van der Waals surface area contributed by atoms with Gasteiger partial charge >= 0.3 is 0 Å². The molecule has 0 aliphatic heterocycles. The van der Waals surface area contributed by atoms with Crippen molar-refractivity contribution in [3.05, 3.63) is 59.7 Å². The summed E-state index contributed by atoms with van der Waals surface area (Å²) in [6.07, 6.45) is 4.01. The van der Waals surface area contributed by atoms with E-state index in [1.165, 1.54) is 24.1 Å². The molecule has 1 N–H and O–H groups in total. The molecule has 0 radical (unpaired) electrons. The first-order chi connectivity index (χ1) is 16.6. The maximum absolute atomic E-state index is 13.4. The number of nitrogens with one attached hydrogen (secondary N) is 1. The lowest BCUT2D eigenvalue weighted by Crippen LogP contribution is -2.52. The van der Waals surface area contributed by atoms with Crippen LogP contribution in [0.4, 0.5) is 0 Å². The maximum atomic E-state index is 13.4. The van der Waals surface area contributed by atoms with Gasteiger partial charge in [0.1, 0.15) is 11.8 Å². The van der Waals surface area contributed by atoms with E-state index in [-0.39, 0.29) is 29.9 Å². The number of benzene rings is 2. The van der Waals surface area contributed by atoms with E-state index < -0.39 is 22.0 Å². The summed E-state index contributed by atoms with van der Waals surface area (Å²) in [4.78, 5) is 28.0. The molecule has 1 saturated carbocycles. The van der Waals surface area contributed by atoms with Crippen molar-refractivity contribution >= 4 is 21.8 Å². The van der Waals surface area contributed by atoms with E-state index in [9.17, 15) is 18.0 Å². The molecule has 8 nitrogen and oxygen atoms in total. The predicted octanol–water partition coefficient (Wildman–Crippen LogP) is 3.10. The standard InChI is InChI=1S/C26H35N3O5S/c1-19-12-14-24(15-13-19)35(32,33)28(3)18-25(30)29(17-21-8-7-11-23(16-21)34-4)20(2)26(31)27-22-9-5-6-10-22/h7-8,11-16,20,22H,5-6,9-10,17-18H2,1-4H3,(H,27,31)/t20-/m1/s1. The van der Waals surface area contributed by atoms with Crippen LogP contribution in [0.3, 0.4) is 0 Å². The van der Waals surface area contributed by atoms with Crippen LogP contribution in [-0.2, 0) is 26.2 Å². The normalized spacial score (nSPS) is 15.1. The van der Waals surface area contributed by atoms with Gasteiger partial charge in [-0.3, -0.25) is 9.59 Å². The number of nitrogens with zero attached hydrogens (tertiary/aromatic N) is 2. The highest BCUT2D eigenvalue weighted by atomic mass is 32.2. The van der Waals surface area contributed by atoms with Crippen molar-refractivity contribution in [2.75, 3.05) is 20.7 Å². The van der Waals surface area contributed by atoms with Crippen molar-refractivity contribution < 1.29 is 22.7 Å². The number of methoxy groups -OCH3 is 1. The summed E-state index contributed by atoms with van der Waals surface area (Å²) in [7, 11) is -0.932. The highest BCUT2D eigenvalue weighted by molar-refractivity contribution is 7.89. The Labute approximate surface area is 208 Å². The molecule has 2 aromatic carbocycles. The lowest BCUT2D eigenvalue weighted by atomic mass is 10.1. The average Bonchev–Trinajstić information content (AvgIpc) is 3.35. The van der Waals surface area contributed by atoms with Gasteiger partial charge in [0, 0.05) is 19.6 Å². The van der Waals surface area contributed by atoms with E-state index in [0.29, 0.717) is 5.75 Å². The second-order valence-corrected chi connectivity index (χ2v) is 11.2. The number of rotatable bonds is 10. The van der Waals surface area contributed by atoms with Crippen LogP contribution in [0.25, 0.3) is 0 Å². The first-order valence-electron chi connectivity index (χ1n) is 11.9. The number of likely N-dealkylation sites (N-methyl/N-ethyl adjacent to an activating group) is 1. The Morgan fingerprint density at radius 3 is 2.40 bits per heavy atom. The van der Waals surface area contributed by atoms with E-state index in [4.69, 9.17) is 4.74 Å². The number of hydrogen-bond donors (Lipinski definition) is 1. The maximum Gasteiger partial charge on any atom is 0.243 e. The lowest BCUT2D eigenvalue weighted by molar-refractivity contribution is -0.140. The summed E-state index contributed by atoms with van der Waals surface area (Å²) in [6, 6.07) is 13.1. The molecule has 0 heterocycles. The Kier molecular flexibility index (Phi) is 8.91. The highest BCUT2D eigenvalue weighted by Gasteiger charge is 2.31. The number of sulfonamides is 1. The Balaban J connectivity index is 1.81. The summed E-state index contributed by atoms with van der Waals surface area (Å²) in [5, 5.41) is 3.05. The van der Waals surface area contributed by atoms with Gasteiger partial charge in [0.25, 0.3) is 0 Å². The molecule has 0 saturated heterocycles. The smallest absolute Gasteiger partial charge is 0.243 e. The second kappa shape index (κ2) is 11.7. The molecule has 0 aromatic heterocycles.